The van der Waals surface area contributed by atoms with Crippen LogP contribution in [0.15, 0.2) is 66.9 Å². The van der Waals surface area contributed by atoms with Crippen LogP contribution in [0.25, 0.3) is 0 Å². The molecule has 0 saturated heterocycles. The molecule has 2 N–H and O–H groups in total. The van der Waals surface area contributed by atoms with Crippen LogP contribution < -0.4 is 10.6 Å². The lowest BCUT2D eigenvalue weighted by Gasteiger charge is -2.31. The number of benzene rings is 2. The van der Waals surface area contributed by atoms with Crippen LogP contribution >= 0.6 is 0 Å². The highest BCUT2D eigenvalue weighted by Gasteiger charge is 2.51. The van der Waals surface area contributed by atoms with Gasteiger partial charge in [0.1, 0.15) is 18.1 Å². The minimum Gasteiger partial charge on any atom is -0.342 e. The van der Waals surface area contributed by atoms with Crippen molar-refractivity contribution in [3.05, 3.63) is 106 Å². The largest absolute Gasteiger partial charge is 0.396 e. The van der Waals surface area contributed by atoms with Gasteiger partial charge < -0.3 is 15.2 Å². The van der Waals surface area contributed by atoms with Crippen LogP contribution in [0.5, 0.6) is 0 Å². The number of anilines is 1. The number of halogens is 3. The fourth-order valence-electron chi connectivity index (χ4n) is 6.54. The lowest BCUT2D eigenvalue weighted by atomic mass is 9.79. The third kappa shape index (κ3) is 4.36. The van der Waals surface area contributed by atoms with Crippen molar-refractivity contribution in [2.24, 2.45) is 0 Å². The third-order valence-electron chi connectivity index (χ3n) is 8.47. The lowest BCUT2D eigenvalue weighted by Crippen LogP contribution is -2.36. The fraction of sp³-hybridized carbons (Fsp3) is 0.300. The quantitative estimate of drug-likeness (QED) is 0.386. The topological polar surface area (TPSA) is 102 Å². The number of pyridine rings is 1. The number of amides is 2. The molecule has 0 radical (unpaired) electrons. The summed E-state index contributed by atoms with van der Waals surface area (Å²) < 4.78 is 41.3. The molecule has 2 aromatic carbocycles. The zero-order valence-corrected chi connectivity index (χ0v) is 21.8. The predicted molar refractivity (Wildman–Crippen MR) is 142 cm³/mol. The van der Waals surface area contributed by atoms with E-state index >= 15 is 0 Å². The number of nitrogens with one attached hydrogen (secondary N) is 2. The summed E-state index contributed by atoms with van der Waals surface area (Å²) in [7, 11) is 0. The van der Waals surface area contributed by atoms with Crippen molar-refractivity contribution in [1.82, 2.24) is 25.1 Å². The van der Waals surface area contributed by atoms with Gasteiger partial charge in [0, 0.05) is 29.8 Å². The zero-order chi connectivity index (χ0) is 28.4. The fourth-order valence-corrected chi connectivity index (χ4v) is 6.54. The molecule has 8 nitrogen and oxygen atoms in total. The number of carbonyl (C=O) groups is 2. The summed E-state index contributed by atoms with van der Waals surface area (Å²) in [4.78, 5) is 30.9. The molecular formula is C30H25F3N6O2. The number of nitrogens with zero attached hydrogens (tertiary/aromatic N) is 4. The SMILES string of the molecule is O=C(N[C@H]1C[C@@H](c2ccccc2)Cn2c(CC(F)(F)F)nnc21)c1ccc2c(c1)C[C@@]1(C2)C(=O)Nc2ncccc21. The van der Waals surface area contributed by atoms with E-state index in [1.807, 2.05) is 48.5 Å². The molecule has 3 aliphatic rings. The van der Waals surface area contributed by atoms with E-state index in [0.29, 0.717) is 43.0 Å². The Balaban J connectivity index is 1.16. The molecule has 41 heavy (non-hydrogen) atoms. The van der Waals surface area contributed by atoms with E-state index in [0.717, 1.165) is 22.3 Å². The van der Waals surface area contributed by atoms with Gasteiger partial charge in [-0.25, -0.2) is 4.98 Å². The first-order valence-electron chi connectivity index (χ1n) is 13.4. The first-order valence-corrected chi connectivity index (χ1v) is 13.4. The Hall–Kier alpha value is -4.54. The Morgan fingerprint density at radius 1 is 1.05 bits per heavy atom. The highest BCUT2D eigenvalue weighted by molar-refractivity contribution is 6.06. The van der Waals surface area contributed by atoms with Crippen molar-refractivity contribution in [1.29, 1.82) is 0 Å². The molecule has 0 fully saturated rings. The Labute approximate surface area is 233 Å². The van der Waals surface area contributed by atoms with Gasteiger partial charge in [0.05, 0.1) is 11.5 Å². The van der Waals surface area contributed by atoms with Gasteiger partial charge in [-0.2, -0.15) is 13.2 Å². The lowest BCUT2D eigenvalue weighted by molar-refractivity contribution is -0.129. The molecule has 7 rings (SSSR count). The smallest absolute Gasteiger partial charge is 0.342 e. The standard InChI is InChI=1S/C30H25F3N6O2/c31-30(32,33)15-24-37-38-26-23(12-21(16-39(24)26)17-5-2-1-3-6-17)35-27(40)18-8-9-19-13-29(14-20(19)11-18)22-7-4-10-34-25(22)36-28(29)41/h1-11,21,23H,12-16H2,(H,35,40)(H,34,36,41)/t21-,23+,29-/m1/s1. The van der Waals surface area contributed by atoms with Crippen LogP contribution in [0, 0.1) is 0 Å². The van der Waals surface area contributed by atoms with Gasteiger partial charge >= 0.3 is 6.18 Å². The van der Waals surface area contributed by atoms with Gasteiger partial charge in [0.15, 0.2) is 5.82 Å². The van der Waals surface area contributed by atoms with E-state index < -0.39 is 24.1 Å². The molecule has 0 bridgehead atoms. The number of alkyl halides is 3. The zero-order valence-electron chi connectivity index (χ0n) is 21.8. The Bertz CT molecular complexity index is 1690. The first-order chi connectivity index (χ1) is 19.7. The molecule has 0 unspecified atom stereocenters. The average molecular weight is 559 g/mol. The monoisotopic (exact) mass is 558 g/mol. The minimum absolute atomic E-state index is 0.100. The number of carbonyl (C=O) groups excluding carboxylic acids is 2. The predicted octanol–water partition coefficient (Wildman–Crippen LogP) is 4.43. The van der Waals surface area contributed by atoms with E-state index in [9.17, 15) is 22.8 Å². The molecule has 208 valence electrons. The molecule has 11 heteroatoms. The van der Waals surface area contributed by atoms with E-state index in [2.05, 4.69) is 25.8 Å². The number of hydrogen-bond acceptors (Lipinski definition) is 5. The van der Waals surface area contributed by atoms with Crippen molar-refractivity contribution in [2.75, 3.05) is 5.32 Å². The average Bonchev–Trinajstić information content (AvgIpc) is 3.62. The molecule has 3 atom stereocenters. The summed E-state index contributed by atoms with van der Waals surface area (Å²) in [5.74, 6) is 0.124. The Kier molecular flexibility index (Phi) is 5.74. The van der Waals surface area contributed by atoms with Crippen molar-refractivity contribution >= 4 is 17.6 Å². The molecule has 4 heterocycles. The highest BCUT2D eigenvalue weighted by atomic mass is 19.4. The molecule has 4 aromatic rings. The second-order valence-corrected chi connectivity index (χ2v) is 11.0. The van der Waals surface area contributed by atoms with Crippen LogP contribution in [0.2, 0.25) is 0 Å². The van der Waals surface area contributed by atoms with Gasteiger partial charge in [0.25, 0.3) is 5.91 Å². The molecule has 0 saturated carbocycles. The number of fused-ring (bicyclic) bond motifs is 4. The van der Waals surface area contributed by atoms with Crippen molar-refractivity contribution in [3.8, 4) is 0 Å². The number of aromatic nitrogens is 4. The number of rotatable bonds is 4. The van der Waals surface area contributed by atoms with Crippen LogP contribution in [0.1, 0.15) is 62.6 Å². The maximum absolute atomic E-state index is 13.5. The van der Waals surface area contributed by atoms with Gasteiger partial charge in [-0.15, -0.1) is 10.2 Å². The molecule has 2 aromatic heterocycles. The van der Waals surface area contributed by atoms with Gasteiger partial charge in [-0.1, -0.05) is 42.5 Å². The summed E-state index contributed by atoms with van der Waals surface area (Å²) >= 11 is 0. The van der Waals surface area contributed by atoms with Crippen molar-refractivity contribution in [3.63, 3.8) is 0 Å². The van der Waals surface area contributed by atoms with E-state index in [-0.39, 0.29) is 23.6 Å². The normalized spacial score (nSPS) is 22.7. The molecule has 1 aliphatic carbocycles. The maximum Gasteiger partial charge on any atom is 0.396 e. The maximum atomic E-state index is 13.5. The van der Waals surface area contributed by atoms with Crippen molar-refractivity contribution in [2.45, 2.75) is 55.8 Å². The van der Waals surface area contributed by atoms with Crippen molar-refractivity contribution < 1.29 is 22.8 Å². The van der Waals surface area contributed by atoms with Crippen LogP contribution in [0.3, 0.4) is 0 Å². The molecule has 2 amide bonds. The summed E-state index contributed by atoms with van der Waals surface area (Å²) in [6, 6.07) is 18.0. The summed E-state index contributed by atoms with van der Waals surface area (Å²) in [6.07, 6.45) is -2.55. The molecular weight excluding hydrogens is 533 g/mol. The van der Waals surface area contributed by atoms with Gasteiger partial charge in [-0.3, -0.25) is 9.59 Å². The van der Waals surface area contributed by atoms with E-state index in [4.69, 9.17) is 0 Å². The Morgan fingerprint density at radius 3 is 2.66 bits per heavy atom. The van der Waals surface area contributed by atoms with E-state index in [1.165, 1.54) is 4.57 Å². The summed E-state index contributed by atoms with van der Waals surface area (Å²) in [5.41, 5.74) is 3.39. The van der Waals surface area contributed by atoms with Crippen LogP contribution in [0.4, 0.5) is 19.0 Å². The minimum atomic E-state index is -4.43. The van der Waals surface area contributed by atoms with Gasteiger partial charge in [-0.05, 0) is 54.2 Å². The first kappa shape index (κ1) is 25.4. The van der Waals surface area contributed by atoms with Crippen LogP contribution in [-0.4, -0.2) is 37.7 Å². The van der Waals surface area contributed by atoms with E-state index in [1.54, 1.807) is 18.3 Å². The number of hydrogen-bond donors (Lipinski definition) is 2. The molecule has 1 spiro atoms. The van der Waals surface area contributed by atoms with Crippen LogP contribution in [-0.2, 0) is 36.0 Å². The Morgan fingerprint density at radius 2 is 1.85 bits per heavy atom. The molecule has 2 aliphatic heterocycles. The second-order valence-electron chi connectivity index (χ2n) is 11.0. The summed E-state index contributed by atoms with van der Waals surface area (Å²) in [6.45, 7) is 0.295. The second kappa shape index (κ2) is 9.25. The summed E-state index contributed by atoms with van der Waals surface area (Å²) in [5, 5.41) is 13.8. The van der Waals surface area contributed by atoms with Gasteiger partial charge in [0.2, 0.25) is 5.91 Å². The highest BCUT2D eigenvalue weighted by Crippen LogP contribution is 2.46. The third-order valence-corrected chi connectivity index (χ3v) is 8.47.